The first-order chi connectivity index (χ1) is 9.40. The van der Waals surface area contributed by atoms with E-state index in [9.17, 15) is 8.42 Å². The van der Waals surface area contributed by atoms with E-state index in [1.54, 1.807) is 24.3 Å². The lowest BCUT2D eigenvalue weighted by Gasteiger charge is -2.19. The summed E-state index contributed by atoms with van der Waals surface area (Å²) in [6, 6.07) is 6.77. The highest BCUT2D eigenvalue weighted by molar-refractivity contribution is 7.89. The lowest BCUT2D eigenvalue weighted by molar-refractivity contribution is 0.288. The van der Waals surface area contributed by atoms with Gasteiger partial charge in [0.05, 0.1) is 4.90 Å². The van der Waals surface area contributed by atoms with Crippen molar-refractivity contribution >= 4 is 10.0 Å². The molecule has 4 nitrogen and oxygen atoms in total. The SMILES string of the molecule is CCC(C)C(C)NS(=O)(=O)c1ccc(CCCO)cc1. The van der Waals surface area contributed by atoms with E-state index in [1.807, 2.05) is 20.8 Å². The van der Waals surface area contributed by atoms with E-state index in [2.05, 4.69) is 4.72 Å². The predicted molar refractivity (Wildman–Crippen MR) is 81.1 cm³/mol. The molecule has 0 saturated heterocycles. The number of sulfonamides is 1. The summed E-state index contributed by atoms with van der Waals surface area (Å²) in [6.45, 7) is 6.12. The number of nitrogens with one attached hydrogen (secondary N) is 1. The van der Waals surface area contributed by atoms with Crippen LogP contribution in [0.15, 0.2) is 29.2 Å². The molecule has 20 heavy (non-hydrogen) atoms. The summed E-state index contributed by atoms with van der Waals surface area (Å²) in [4.78, 5) is 0.292. The van der Waals surface area contributed by atoms with Gasteiger partial charge in [0.25, 0.3) is 0 Å². The summed E-state index contributed by atoms with van der Waals surface area (Å²) in [5, 5.41) is 8.78. The monoisotopic (exact) mass is 299 g/mol. The van der Waals surface area contributed by atoms with E-state index in [4.69, 9.17) is 5.11 Å². The minimum absolute atomic E-state index is 0.0842. The molecule has 0 saturated carbocycles. The van der Waals surface area contributed by atoms with Crippen molar-refractivity contribution in [2.75, 3.05) is 6.61 Å². The third kappa shape index (κ3) is 4.89. The normalized spacial score (nSPS) is 15.0. The Bertz CT molecular complexity index is 496. The molecule has 1 rings (SSSR count). The molecule has 5 heteroatoms. The maximum Gasteiger partial charge on any atom is 0.240 e. The van der Waals surface area contributed by atoms with Crippen LogP contribution in [0, 0.1) is 5.92 Å². The molecule has 0 fully saturated rings. The Morgan fingerprint density at radius 3 is 2.30 bits per heavy atom. The Labute approximate surface area is 122 Å². The lowest BCUT2D eigenvalue weighted by Crippen LogP contribution is -2.36. The van der Waals surface area contributed by atoms with Gasteiger partial charge in [0.1, 0.15) is 0 Å². The van der Waals surface area contributed by atoms with Crippen molar-refractivity contribution in [2.45, 2.75) is 51.0 Å². The van der Waals surface area contributed by atoms with Crippen molar-refractivity contribution in [3.8, 4) is 0 Å². The predicted octanol–water partition coefficient (Wildman–Crippen LogP) is 2.32. The Kier molecular flexibility index (Phi) is 6.65. The summed E-state index contributed by atoms with van der Waals surface area (Å²) in [7, 11) is -3.45. The molecule has 0 aliphatic carbocycles. The number of aliphatic hydroxyl groups excluding tert-OH is 1. The van der Waals surface area contributed by atoms with Crippen molar-refractivity contribution in [2.24, 2.45) is 5.92 Å². The second kappa shape index (κ2) is 7.76. The first kappa shape index (κ1) is 17.1. The molecule has 0 amide bonds. The van der Waals surface area contributed by atoms with Gasteiger partial charge in [-0.05, 0) is 43.4 Å². The summed E-state index contributed by atoms with van der Waals surface area (Å²) in [5.41, 5.74) is 1.04. The average molecular weight is 299 g/mol. The van der Waals surface area contributed by atoms with Crippen molar-refractivity contribution in [1.29, 1.82) is 0 Å². The highest BCUT2D eigenvalue weighted by atomic mass is 32.2. The van der Waals surface area contributed by atoms with E-state index >= 15 is 0 Å². The average Bonchev–Trinajstić information content (AvgIpc) is 2.44. The van der Waals surface area contributed by atoms with E-state index in [-0.39, 0.29) is 12.6 Å². The molecule has 0 spiro atoms. The Morgan fingerprint density at radius 1 is 1.20 bits per heavy atom. The van der Waals surface area contributed by atoms with Gasteiger partial charge in [-0.2, -0.15) is 0 Å². The van der Waals surface area contributed by atoms with Gasteiger partial charge < -0.3 is 5.11 Å². The molecule has 2 unspecified atom stereocenters. The molecule has 0 bridgehead atoms. The van der Waals surface area contributed by atoms with Crippen molar-refractivity contribution in [3.63, 3.8) is 0 Å². The maximum atomic E-state index is 12.2. The summed E-state index contributed by atoms with van der Waals surface area (Å²) in [6.07, 6.45) is 2.38. The molecule has 114 valence electrons. The molecule has 0 aliphatic rings. The Balaban J connectivity index is 2.77. The number of rotatable bonds is 8. The van der Waals surface area contributed by atoms with Crippen molar-refractivity contribution < 1.29 is 13.5 Å². The fourth-order valence-corrected chi connectivity index (χ4v) is 3.25. The molecular weight excluding hydrogens is 274 g/mol. The number of hydrogen-bond donors (Lipinski definition) is 2. The van der Waals surface area contributed by atoms with Crippen LogP contribution in [0.3, 0.4) is 0 Å². The summed E-state index contributed by atoms with van der Waals surface area (Å²) >= 11 is 0. The highest BCUT2D eigenvalue weighted by Gasteiger charge is 2.20. The number of aryl methyl sites for hydroxylation is 1. The fraction of sp³-hybridized carbons (Fsp3) is 0.600. The van der Waals surface area contributed by atoms with E-state index in [0.29, 0.717) is 17.2 Å². The topological polar surface area (TPSA) is 66.4 Å². The van der Waals surface area contributed by atoms with E-state index in [1.165, 1.54) is 0 Å². The molecular formula is C15H25NO3S. The minimum Gasteiger partial charge on any atom is -0.396 e. The minimum atomic E-state index is -3.45. The zero-order valence-electron chi connectivity index (χ0n) is 12.5. The van der Waals surface area contributed by atoms with Gasteiger partial charge in [-0.1, -0.05) is 32.4 Å². The molecule has 0 radical (unpaired) electrons. The largest absolute Gasteiger partial charge is 0.396 e. The van der Waals surface area contributed by atoms with Gasteiger partial charge in [-0.3, -0.25) is 0 Å². The van der Waals surface area contributed by atoms with Crippen LogP contribution in [0.25, 0.3) is 0 Å². The fourth-order valence-electron chi connectivity index (χ4n) is 1.90. The van der Waals surface area contributed by atoms with Gasteiger partial charge in [0.2, 0.25) is 10.0 Å². The van der Waals surface area contributed by atoms with Crippen LogP contribution in [0.1, 0.15) is 39.2 Å². The molecule has 0 aliphatic heterocycles. The maximum absolute atomic E-state index is 12.2. The van der Waals surface area contributed by atoms with Gasteiger partial charge in [-0.25, -0.2) is 13.1 Å². The van der Waals surface area contributed by atoms with Crippen LogP contribution < -0.4 is 4.72 Å². The quantitative estimate of drug-likeness (QED) is 0.774. The zero-order valence-corrected chi connectivity index (χ0v) is 13.3. The number of hydrogen-bond acceptors (Lipinski definition) is 3. The number of benzene rings is 1. The Morgan fingerprint density at radius 2 is 1.80 bits per heavy atom. The van der Waals surface area contributed by atoms with Gasteiger partial charge >= 0.3 is 0 Å². The van der Waals surface area contributed by atoms with Crippen LogP contribution in [0.5, 0.6) is 0 Å². The smallest absolute Gasteiger partial charge is 0.240 e. The van der Waals surface area contributed by atoms with Gasteiger partial charge in [0.15, 0.2) is 0 Å². The number of aliphatic hydroxyl groups is 1. The van der Waals surface area contributed by atoms with Crippen molar-refractivity contribution in [1.82, 2.24) is 4.72 Å². The lowest BCUT2D eigenvalue weighted by atomic mass is 10.0. The highest BCUT2D eigenvalue weighted by Crippen LogP contribution is 2.15. The molecule has 1 aromatic carbocycles. The third-order valence-corrected chi connectivity index (χ3v) is 5.27. The molecule has 1 aromatic rings. The standard InChI is InChI=1S/C15H25NO3S/c1-4-12(2)13(3)16-20(18,19)15-9-7-14(8-10-15)6-5-11-17/h7-10,12-13,16-17H,4-6,11H2,1-3H3. The van der Waals surface area contributed by atoms with Crippen molar-refractivity contribution in [3.05, 3.63) is 29.8 Å². The zero-order chi connectivity index (χ0) is 15.2. The van der Waals surface area contributed by atoms with Crippen LogP contribution in [0.2, 0.25) is 0 Å². The second-order valence-electron chi connectivity index (χ2n) is 5.27. The Hall–Kier alpha value is -0.910. The molecule has 2 N–H and O–H groups in total. The van der Waals surface area contributed by atoms with E-state index < -0.39 is 10.0 Å². The van der Waals surface area contributed by atoms with Crippen LogP contribution in [0.4, 0.5) is 0 Å². The molecule has 0 aromatic heterocycles. The van der Waals surface area contributed by atoms with Crippen LogP contribution in [-0.4, -0.2) is 26.2 Å². The first-order valence-corrected chi connectivity index (χ1v) is 8.61. The van der Waals surface area contributed by atoms with Gasteiger partial charge in [0, 0.05) is 12.6 Å². The van der Waals surface area contributed by atoms with Crippen LogP contribution in [-0.2, 0) is 16.4 Å². The summed E-state index contributed by atoms with van der Waals surface area (Å²) in [5.74, 6) is 0.300. The molecule has 2 atom stereocenters. The second-order valence-corrected chi connectivity index (χ2v) is 6.98. The van der Waals surface area contributed by atoms with Gasteiger partial charge in [-0.15, -0.1) is 0 Å². The van der Waals surface area contributed by atoms with Crippen LogP contribution >= 0.6 is 0 Å². The summed E-state index contributed by atoms with van der Waals surface area (Å²) < 4.78 is 27.2. The molecule has 0 heterocycles. The van der Waals surface area contributed by atoms with E-state index in [0.717, 1.165) is 18.4 Å². The first-order valence-electron chi connectivity index (χ1n) is 7.12. The third-order valence-electron chi connectivity index (χ3n) is 3.70.